The standard InChI is InChI=1S/C32H23NO4.C25H19O8S2.2Na.O3S/c1-35-27-15-7-23(8-16-27)25-11-19-29(20-12-25)37-32-4-2-3-31(30(32)21-33)36-28-17-9-24(10-18-28)22-5-13-26(34)14-6-22;1-32-20-10-12-22(13-11-20)34(27,28)23-14-15-24(25(16-23)35(29,30)31)33-21-8-4-18(5-9-21)17-2-6-19(26)7-3-17;;;1-4(2)3/h2-20,34H,1H3;2-10,12-16,26H,1H3,(H,29,30,31);;;/q;-1;2*+1;/p-1. The van der Waals surface area contributed by atoms with Crippen molar-refractivity contribution < 1.29 is 127 Å². The van der Waals surface area contributed by atoms with Gasteiger partial charge in [0.1, 0.15) is 73.5 Å². The van der Waals surface area contributed by atoms with Crippen LogP contribution < -0.4 is 82.8 Å². The molecule has 384 valence electrons. The monoisotopic (exact) mass is 1120 g/mol. The maximum Gasteiger partial charge on any atom is 1.00 e. The van der Waals surface area contributed by atoms with Gasteiger partial charge in [-0.15, -0.1) is 24.8 Å². The number of hydrogen-bond donors (Lipinski definition) is 2. The van der Waals surface area contributed by atoms with E-state index in [1.165, 1.54) is 25.3 Å². The zero-order valence-corrected chi connectivity index (χ0v) is 48.4. The number of ether oxygens (including phenoxy) is 5. The van der Waals surface area contributed by atoms with Gasteiger partial charge in [-0.25, -0.2) is 16.8 Å². The fourth-order valence-corrected chi connectivity index (χ4v) is 9.13. The van der Waals surface area contributed by atoms with Crippen molar-refractivity contribution in [3.8, 4) is 96.9 Å². The summed E-state index contributed by atoms with van der Waals surface area (Å²) >= 11 is 0. The topological polar surface area (TPSA) is 253 Å². The molecule has 0 fully saturated rings. The van der Waals surface area contributed by atoms with Crippen molar-refractivity contribution in [3.63, 3.8) is 0 Å². The summed E-state index contributed by atoms with van der Waals surface area (Å²) in [5, 5.41) is 28.8. The van der Waals surface area contributed by atoms with E-state index < -0.39 is 35.5 Å². The van der Waals surface area contributed by atoms with Crippen LogP contribution in [0.15, 0.2) is 215 Å². The molecule has 9 rings (SSSR count). The van der Waals surface area contributed by atoms with Crippen LogP contribution in [0.1, 0.15) is 5.56 Å². The Bertz CT molecular complexity index is 3840. The Kier molecular flexibility index (Phi) is 22.2. The number of nitrogens with zero attached hydrogens (tertiary/aromatic N) is 1. The molecule has 0 saturated carbocycles. The molecule has 0 heterocycles. The van der Waals surface area contributed by atoms with Crippen LogP contribution >= 0.6 is 0 Å². The van der Waals surface area contributed by atoms with E-state index in [0.29, 0.717) is 34.3 Å². The summed E-state index contributed by atoms with van der Waals surface area (Å²) in [7, 11) is -9.27. The van der Waals surface area contributed by atoms with Gasteiger partial charge in [0.15, 0.2) is 9.84 Å². The minimum atomic E-state index is -5.08. The molecule has 0 saturated heterocycles. The first-order valence-corrected chi connectivity index (χ1v) is 26.1. The molecule has 0 bridgehead atoms. The second kappa shape index (κ2) is 28.3. The van der Waals surface area contributed by atoms with Crippen LogP contribution in [0.2, 0.25) is 0 Å². The Balaban J connectivity index is 0.000000263. The first-order valence-electron chi connectivity index (χ1n) is 22.2. The predicted molar refractivity (Wildman–Crippen MR) is 278 cm³/mol. The average Bonchev–Trinajstić information content (AvgIpc) is 3.43. The van der Waals surface area contributed by atoms with Crippen LogP contribution in [-0.2, 0) is 30.6 Å². The van der Waals surface area contributed by atoms with Gasteiger partial charge in [0.05, 0.1) is 24.0 Å². The molecule has 9 aromatic rings. The van der Waals surface area contributed by atoms with E-state index in [-0.39, 0.29) is 91.9 Å². The van der Waals surface area contributed by atoms with Crippen LogP contribution in [0, 0.1) is 17.4 Å². The SMILES string of the molecule is COc1[c-]cc(S(=O)(=O)c2ccc(Oc3ccc(-c4ccc(O)cc4)cc3)c(S(=O)(=O)[O-])c2)cc1.COc1ccc(-c2ccc(Oc3cccc(Oc4ccc(-c5ccc(O)cc5)cc4)c3C#N)cc2)cc1.O=S(=O)=O.[Na+].[Na+]. The molecule has 0 aliphatic heterocycles. The predicted octanol–water partition coefficient (Wildman–Crippen LogP) is 5.59. The van der Waals surface area contributed by atoms with Crippen LogP contribution in [0.3, 0.4) is 0 Å². The Morgan fingerprint density at radius 3 is 1.18 bits per heavy atom. The summed E-state index contributed by atoms with van der Waals surface area (Å²) in [6.45, 7) is 0. The fourth-order valence-electron chi connectivity index (χ4n) is 7.17. The van der Waals surface area contributed by atoms with E-state index in [1.54, 1.807) is 86.0 Å². The van der Waals surface area contributed by atoms with Crippen molar-refractivity contribution in [1.82, 2.24) is 0 Å². The molecule has 21 heteroatoms. The normalized spacial score (nSPS) is 10.5. The second-order valence-electron chi connectivity index (χ2n) is 15.8. The van der Waals surface area contributed by atoms with Gasteiger partial charge in [-0.3, -0.25) is 0 Å². The molecular formula is C57H41NNa2O15S3. The number of sulfone groups is 1. The van der Waals surface area contributed by atoms with Gasteiger partial charge in [-0.05, 0) is 141 Å². The molecule has 0 radical (unpaired) electrons. The Hall–Kier alpha value is -7.45. The maximum atomic E-state index is 13.0. The van der Waals surface area contributed by atoms with E-state index in [4.69, 9.17) is 36.3 Å². The largest absolute Gasteiger partial charge is 1.00 e. The third-order valence-corrected chi connectivity index (χ3v) is 13.6. The van der Waals surface area contributed by atoms with Crippen molar-refractivity contribution in [1.29, 1.82) is 5.26 Å². The molecule has 0 aromatic heterocycles. The van der Waals surface area contributed by atoms with Gasteiger partial charge in [-0.2, -0.15) is 17.4 Å². The third kappa shape index (κ3) is 16.5. The number of phenols is 2. The number of phenolic OH excluding ortho intramolecular Hbond substituents is 2. The van der Waals surface area contributed by atoms with Gasteiger partial charge in [0.2, 0.25) is 0 Å². The minimum absolute atomic E-state index is 0. The van der Waals surface area contributed by atoms with E-state index in [0.717, 1.165) is 57.3 Å². The van der Waals surface area contributed by atoms with Crippen molar-refractivity contribution in [2.24, 2.45) is 0 Å². The van der Waals surface area contributed by atoms with Crippen LogP contribution in [0.5, 0.6) is 57.5 Å². The Labute approximate surface area is 496 Å². The Morgan fingerprint density at radius 2 is 0.846 bits per heavy atom. The Morgan fingerprint density at radius 1 is 0.487 bits per heavy atom. The van der Waals surface area contributed by atoms with Gasteiger partial charge >= 0.3 is 69.7 Å². The molecule has 0 spiro atoms. The number of aromatic hydroxyl groups is 2. The molecule has 0 aliphatic carbocycles. The molecule has 78 heavy (non-hydrogen) atoms. The van der Waals surface area contributed by atoms with Gasteiger partial charge in [-0.1, -0.05) is 78.9 Å². The van der Waals surface area contributed by atoms with Gasteiger partial charge < -0.3 is 38.5 Å². The number of nitriles is 1. The van der Waals surface area contributed by atoms with E-state index in [2.05, 4.69) is 12.1 Å². The number of hydrogen-bond acceptors (Lipinski definition) is 16. The van der Waals surface area contributed by atoms with Gasteiger partial charge in [0, 0.05) is 5.75 Å². The van der Waals surface area contributed by atoms with Crippen LogP contribution in [-0.4, -0.2) is 58.4 Å². The first kappa shape index (κ1) is 61.4. The number of benzene rings is 9. The molecular weight excluding hydrogens is 1080 g/mol. The smallest absolute Gasteiger partial charge is 0.744 e. The summed E-state index contributed by atoms with van der Waals surface area (Å²) in [6, 6.07) is 60.3. The average molecular weight is 1120 g/mol. The van der Waals surface area contributed by atoms with E-state index in [1.807, 2.05) is 84.9 Å². The summed E-state index contributed by atoms with van der Waals surface area (Å²) < 4.78 is 115. The van der Waals surface area contributed by atoms with Crippen molar-refractivity contribution in [2.45, 2.75) is 14.7 Å². The van der Waals surface area contributed by atoms with Crippen LogP contribution in [0.4, 0.5) is 0 Å². The summed E-state index contributed by atoms with van der Waals surface area (Å²) in [5.74, 6) is 3.46. The quantitative estimate of drug-likeness (QED) is 0.0764. The van der Waals surface area contributed by atoms with Crippen LogP contribution in [0.25, 0.3) is 33.4 Å². The number of rotatable bonds is 14. The molecule has 0 aliphatic rings. The molecule has 0 unspecified atom stereocenters. The summed E-state index contributed by atoms with van der Waals surface area (Å²) in [6.07, 6.45) is 0. The zero-order valence-electron chi connectivity index (χ0n) is 41.9. The zero-order chi connectivity index (χ0) is 54.4. The molecule has 0 amide bonds. The maximum absolute atomic E-state index is 13.0. The van der Waals surface area contributed by atoms with Crippen molar-refractivity contribution in [2.75, 3.05) is 14.2 Å². The third-order valence-electron chi connectivity index (χ3n) is 11.0. The van der Waals surface area contributed by atoms with E-state index in [9.17, 15) is 36.9 Å². The van der Waals surface area contributed by atoms with E-state index >= 15 is 0 Å². The van der Waals surface area contributed by atoms with Crippen molar-refractivity contribution >= 4 is 30.6 Å². The molecule has 2 N–H and O–H groups in total. The van der Waals surface area contributed by atoms with Gasteiger partial charge in [0.25, 0.3) is 0 Å². The molecule has 9 aromatic carbocycles. The fraction of sp³-hybridized carbons (Fsp3) is 0.0351. The summed E-state index contributed by atoms with van der Waals surface area (Å²) in [4.78, 5) is -1.34. The first-order chi connectivity index (χ1) is 36.4. The van der Waals surface area contributed by atoms with Crippen molar-refractivity contribution in [3.05, 3.63) is 212 Å². The molecule has 16 nitrogen and oxygen atoms in total. The summed E-state index contributed by atoms with van der Waals surface area (Å²) in [5.41, 5.74) is 6.04. The second-order valence-corrected chi connectivity index (χ2v) is 19.5. The minimum Gasteiger partial charge on any atom is -0.744 e. The number of methoxy groups -OCH3 is 2. The molecule has 0 atom stereocenters.